The van der Waals surface area contributed by atoms with Gasteiger partial charge in [-0.15, -0.1) is 0 Å². The Kier molecular flexibility index (Phi) is 4.03. The zero-order chi connectivity index (χ0) is 10.3. The highest BCUT2D eigenvalue weighted by Crippen LogP contribution is 2.20. The van der Waals surface area contributed by atoms with E-state index in [9.17, 15) is 0 Å². The molecule has 1 saturated heterocycles. The standard InChI is InChI=1S/C9H11N.C4H9N/c1-2-6-9-8(4-1)5-3-7-10-9;1-2-4-5-3-1/h1-2,4,6,10H,3,5,7H2;5H,1-4H2. The van der Waals surface area contributed by atoms with Crippen LogP contribution in [0.2, 0.25) is 0 Å². The molecule has 0 aromatic heterocycles. The fourth-order valence-corrected chi connectivity index (χ4v) is 2.04. The highest BCUT2D eigenvalue weighted by molar-refractivity contribution is 5.52. The first-order valence-corrected chi connectivity index (χ1v) is 5.99. The molecule has 2 heteroatoms. The van der Waals surface area contributed by atoms with Gasteiger partial charge in [-0.2, -0.15) is 0 Å². The largest absolute Gasteiger partial charge is 0.385 e. The second-order valence-electron chi connectivity index (χ2n) is 4.14. The minimum atomic E-state index is 1.14. The smallest absolute Gasteiger partial charge is 0.0372 e. The van der Waals surface area contributed by atoms with Gasteiger partial charge in [0.25, 0.3) is 0 Å². The van der Waals surface area contributed by atoms with E-state index in [1.807, 2.05) is 0 Å². The van der Waals surface area contributed by atoms with E-state index in [-0.39, 0.29) is 0 Å². The molecule has 0 saturated carbocycles. The minimum Gasteiger partial charge on any atom is -0.385 e. The highest BCUT2D eigenvalue weighted by Gasteiger charge is 2.04. The van der Waals surface area contributed by atoms with Crippen molar-refractivity contribution in [1.82, 2.24) is 5.32 Å². The number of nitrogens with one attached hydrogen (secondary N) is 2. The van der Waals surface area contributed by atoms with Crippen molar-refractivity contribution in [3.63, 3.8) is 0 Å². The van der Waals surface area contributed by atoms with Crippen LogP contribution >= 0.6 is 0 Å². The van der Waals surface area contributed by atoms with Crippen LogP contribution < -0.4 is 10.6 Å². The van der Waals surface area contributed by atoms with Crippen LogP contribution in [0.5, 0.6) is 0 Å². The number of fused-ring (bicyclic) bond motifs is 1. The predicted octanol–water partition coefficient (Wildman–Crippen LogP) is 2.41. The molecule has 0 spiro atoms. The number of para-hydroxylation sites is 1. The molecule has 2 aliphatic rings. The summed E-state index contributed by atoms with van der Waals surface area (Å²) in [5, 5.41) is 6.58. The number of hydrogen-bond acceptors (Lipinski definition) is 2. The van der Waals surface area contributed by atoms with Crippen molar-refractivity contribution in [2.45, 2.75) is 25.7 Å². The average molecular weight is 204 g/mol. The van der Waals surface area contributed by atoms with Crippen LogP contribution in [0.1, 0.15) is 24.8 Å². The molecule has 0 amide bonds. The van der Waals surface area contributed by atoms with Crippen LogP contribution in [0.25, 0.3) is 0 Å². The Morgan fingerprint density at radius 1 is 0.867 bits per heavy atom. The van der Waals surface area contributed by atoms with E-state index in [4.69, 9.17) is 0 Å². The highest BCUT2D eigenvalue weighted by atomic mass is 14.9. The predicted molar refractivity (Wildman–Crippen MR) is 65.4 cm³/mol. The van der Waals surface area contributed by atoms with Crippen molar-refractivity contribution in [3.8, 4) is 0 Å². The van der Waals surface area contributed by atoms with E-state index in [2.05, 4.69) is 34.9 Å². The quantitative estimate of drug-likeness (QED) is 0.678. The molecule has 0 aliphatic carbocycles. The fraction of sp³-hybridized carbons (Fsp3) is 0.538. The molecule has 0 radical (unpaired) electrons. The molecule has 2 N–H and O–H groups in total. The first-order chi connectivity index (χ1) is 7.47. The molecular weight excluding hydrogens is 184 g/mol. The van der Waals surface area contributed by atoms with Crippen molar-refractivity contribution in [1.29, 1.82) is 0 Å². The molecule has 1 aromatic rings. The van der Waals surface area contributed by atoms with Gasteiger partial charge in [0, 0.05) is 12.2 Å². The molecule has 82 valence electrons. The Hall–Kier alpha value is -1.02. The normalized spacial score (nSPS) is 18.4. The van der Waals surface area contributed by atoms with Gasteiger partial charge in [-0.1, -0.05) is 18.2 Å². The molecule has 2 nitrogen and oxygen atoms in total. The number of rotatable bonds is 0. The molecule has 0 atom stereocenters. The van der Waals surface area contributed by atoms with Crippen LogP contribution in [0, 0.1) is 0 Å². The molecule has 0 bridgehead atoms. The zero-order valence-electron chi connectivity index (χ0n) is 9.26. The van der Waals surface area contributed by atoms with Gasteiger partial charge < -0.3 is 10.6 Å². The number of anilines is 1. The molecular formula is C13H20N2. The molecule has 1 aromatic carbocycles. The van der Waals surface area contributed by atoms with Gasteiger partial charge in [0.1, 0.15) is 0 Å². The minimum absolute atomic E-state index is 1.14. The third-order valence-corrected chi connectivity index (χ3v) is 2.91. The average Bonchev–Trinajstić information content (AvgIpc) is 2.88. The number of benzene rings is 1. The fourth-order valence-electron chi connectivity index (χ4n) is 2.04. The van der Waals surface area contributed by atoms with Gasteiger partial charge in [-0.25, -0.2) is 0 Å². The Balaban J connectivity index is 0.000000144. The summed E-state index contributed by atoms with van der Waals surface area (Å²) in [6, 6.07) is 8.53. The summed E-state index contributed by atoms with van der Waals surface area (Å²) in [7, 11) is 0. The summed E-state index contributed by atoms with van der Waals surface area (Å²) in [5.74, 6) is 0. The van der Waals surface area contributed by atoms with Gasteiger partial charge in [-0.05, 0) is 50.4 Å². The second-order valence-corrected chi connectivity index (χ2v) is 4.14. The van der Waals surface area contributed by atoms with Crippen LogP contribution in [-0.2, 0) is 6.42 Å². The van der Waals surface area contributed by atoms with Crippen LogP contribution in [0.4, 0.5) is 5.69 Å². The maximum Gasteiger partial charge on any atom is 0.0372 e. The van der Waals surface area contributed by atoms with Crippen molar-refractivity contribution in [3.05, 3.63) is 29.8 Å². The van der Waals surface area contributed by atoms with Crippen molar-refractivity contribution < 1.29 is 0 Å². The van der Waals surface area contributed by atoms with Gasteiger partial charge in [0.05, 0.1) is 0 Å². The molecule has 15 heavy (non-hydrogen) atoms. The second kappa shape index (κ2) is 5.76. The third kappa shape index (κ3) is 3.24. The summed E-state index contributed by atoms with van der Waals surface area (Å²) in [6.45, 7) is 3.64. The van der Waals surface area contributed by atoms with Crippen LogP contribution in [0.3, 0.4) is 0 Å². The number of hydrogen-bond donors (Lipinski definition) is 2. The molecule has 3 rings (SSSR count). The van der Waals surface area contributed by atoms with E-state index in [0.717, 1.165) is 6.54 Å². The Morgan fingerprint density at radius 2 is 1.67 bits per heavy atom. The van der Waals surface area contributed by atoms with E-state index in [0.29, 0.717) is 0 Å². The van der Waals surface area contributed by atoms with Gasteiger partial charge >= 0.3 is 0 Å². The van der Waals surface area contributed by atoms with Crippen LogP contribution in [-0.4, -0.2) is 19.6 Å². The maximum absolute atomic E-state index is 3.36. The monoisotopic (exact) mass is 204 g/mol. The SMILES string of the molecule is C1CCNC1.c1ccc2c(c1)CCCN2. The Labute approximate surface area is 92.1 Å². The summed E-state index contributed by atoms with van der Waals surface area (Å²) in [6.07, 6.45) is 5.29. The van der Waals surface area contributed by atoms with Crippen LogP contribution in [0.15, 0.2) is 24.3 Å². The lowest BCUT2D eigenvalue weighted by Crippen LogP contribution is -2.10. The Morgan fingerprint density at radius 3 is 2.33 bits per heavy atom. The van der Waals surface area contributed by atoms with E-state index < -0.39 is 0 Å². The lowest BCUT2D eigenvalue weighted by molar-refractivity contribution is 0.830. The lowest BCUT2D eigenvalue weighted by Gasteiger charge is -2.16. The molecule has 2 aliphatic heterocycles. The summed E-state index contributed by atoms with van der Waals surface area (Å²) in [5.41, 5.74) is 2.79. The van der Waals surface area contributed by atoms with E-state index in [1.165, 1.54) is 50.0 Å². The lowest BCUT2D eigenvalue weighted by atomic mass is 10.0. The van der Waals surface area contributed by atoms with Crippen molar-refractivity contribution >= 4 is 5.69 Å². The van der Waals surface area contributed by atoms with Gasteiger partial charge in [0.15, 0.2) is 0 Å². The topological polar surface area (TPSA) is 24.1 Å². The first-order valence-electron chi connectivity index (χ1n) is 5.99. The summed E-state index contributed by atoms with van der Waals surface area (Å²) < 4.78 is 0. The molecule has 2 heterocycles. The van der Waals surface area contributed by atoms with Gasteiger partial charge in [0.2, 0.25) is 0 Å². The van der Waals surface area contributed by atoms with E-state index >= 15 is 0 Å². The number of aryl methyl sites for hydroxylation is 1. The summed E-state index contributed by atoms with van der Waals surface area (Å²) >= 11 is 0. The van der Waals surface area contributed by atoms with Crippen molar-refractivity contribution in [2.24, 2.45) is 0 Å². The van der Waals surface area contributed by atoms with Crippen molar-refractivity contribution in [2.75, 3.05) is 25.0 Å². The first kappa shape index (κ1) is 10.5. The maximum atomic E-state index is 3.36. The third-order valence-electron chi connectivity index (χ3n) is 2.91. The zero-order valence-corrected chi connectivity index (χ0v) is 9.26. The summed E-state index contributed by atoms with van der Waals surface area (Å²) in [4.78, 5) is 0. The Bertz CT molecular complexity index is 260. The molecule has 0 unspecified atom stereocenters. The van der Waals surface area contributed by atoms with Gasteiger partial charge in [-0.3, -0.25) is 0 Å². The van der Waals surface area contributed by atoms with E-state index in [1.54, 1.807) is 0 Å². The molecule has 1 fully saturated rings.